The molecular formula is C11H19NO. The predicted octanol–water partition coefficient (Wildman–Crippen LogP) is 2.35. The first-order chi connectivity index (χ1) is 6.04. The molecule has 2 nitrogen and oxygen atoms in total. The van der Waals surface area contributed by atoms with Crippen molar-refractivity contribution in [1.82, 2.24) is 4.90 Å². The van der Waals surface area contributed by atoms with Gasteiger partial charge in [-0.05, 0) is 34.1 Å². The smallest absolute Gasteiger partial charge is 0.178 e. The normalized spacial score (nSPS) is 17.1. The van der Waals surface area contributed by atoms with Gasteiger partial charge in [0.1, 0.15) is 0 Å². The molecule has 0 saturated heterocycles. The van der Waals surface area contributed by atoms with Gasteiger partial charge in [-0.1, -0.05) is 6.08 Å². The average Bonchev–Trinajstić information content (AvgIpc) is 2.35. The predicted molar refractivity (Wildman–Crippen MR) is 54.4 cm³/mol. The van der Waals surface area contributed by atoms with Crippen LogP contribution in [-0.2, 0) is 4.79 Å². The molecule has 0 amide bonds. The summed E-state index contributed by atoms with van der Waals surface area (Å²) in [5.41, 5.74) is 0.935. The highest BCUT2D eigenvalue weighted by molar-refractivity contribution is 5.97. The Kier molecular flexibility index (Phi) is 3.12. The second kappa shape index (κ2) is 3.95. The van der Waals surface area contributed by atoms with E-state index in [0.29, 0.717) is 24.3 Å². The quantitative estimate of drug-likeness (QED) is 0.666. The summed E-state index contributed by atoms with van der Waals surface area (Å²) in [5, 5.41) is 0. The third-order valence-corrected chi connectivity index (χ3v) is 2.39. The van der Waals surface area contributed by atoms with Crippen LogP contribution in [0.5, 0.6) is 0 Å². The van der Waals surface area contributed by atoms with E-state index in [0.717, 1.165) is 12.1 Å². The molecule has 0 spiro atoms. The van der Waals surface area contributed by atoms with Crippen LogP contribution in [0, 0.1) is 0 Å². The molecule has 0 radical (unpaired) electrons. The van der Waals surface area contributed by atoms with E-state index in [9.17, 15) is 4.79 Å². The molecular weight excluding hydrogens is 162 g/mol. The number of allylic oxidation sites excluding steroid dienone is 2. The van der Waals surface area contributed by atoms with Crippen LogP contribution >= 0.6 is 0 Å². The summed E-state index contributed by atoms with van der Waals surface area (Å²) in [6, 6.07) is 0.821. The average molecular weight is 181 g/mol. The van der Waals surface area contributed by atoms with Gasteiger partial charge < -0.3 is 4.90 Å². The van der Waals surface area contributed by atoms with Crippen LogP contribution in [0.2, 0.25) is 0 Å². The number of hydrogen-bond acceptors (Lipinski definition) is 2. The van der Waals surface area contributed by atoms with Crippen molar-refractivity contribution >= 4 is 5.78 Å². The Morgan fingerprint density at radius 1 is 1.23 bits per heavy atom. The Morgan fingerprint density at radius 2 is 1.77 bits per heavy atom. The van der Waals surface area contributed by atoms with Crippen molar-refractivity contribution in [3.05, 3.63) is 11.8 Å². The highest BCUT2D eigenvalue weighted by Crippen LogP contribution is 2.22. The highest BCUT2D eigenvalue weighted by atomic mass is 16.1. The van der Waals surface area contributed by atoms with E-state index in [-0.39, 0.29) is 0 Å². The lowest BCUT2D eigenvalue weighted by atomic mass is 10.2. The summed E-state index contributed by atoms with van der Waals surface area (Å²) >= 11 is 0. The Balaban J connectivity index is 2.81. The molecule has 2 heteroatoms. The molecule has 1 aliphatic carbocycles. The van der Waals surface area contributed by atoms with Gasteiger partial charge in [-0.3, -0.25) is 4.79 Å². The molecule has 0 heterocycles. The van der Waals surface area contributed by atoms with Gasteiger partial charge >= 0.3 is 0 Å². The number of carbonyl (C=O) groups is 1. The standard InChI is InChI=1S/C11H19NO/c1-8(2)12(9(3)4)10-6-5-7-11(10)13/h6,8-9H,5,7H2,1-4H3. The van der Waals surface area contributed by atoms with Gasteiger partial charge in [-0.2, -0.15) is 0 Å². The summed E-state index contributed by atoms with van der Waals surface area (Å²) in [6.45, 7) is 8.53. The largest absolute Gasteiger partial charge is 0.364 e. The van der Waals surface area contributed by atoms with Crippen molar-refractivity contribution in [1.29, 1.82) is 0 Å². The first-order valence-electron chi connectivity index (χ1n) is 5.05. The lowest BCUT2D eigenvalue weighted by Gasteiger charge is -2.33. The van der Waals surface area contributed by atoms with Gasteiger partial charge in [0.2, 0.25) is 0 Å². The number of nitrogens with zero attached hydrogens (tertiary/aromatic N) is 1. The van der Waals surface area contributed by atoms with Crippen LogP contribution in [0.1, 0.15) is 40.5 Å². The molecule has 0 bridgehead atoms. The van der Waals surface area contributed by atoms with Crippen molar-refractivity contribution in [3.63, 3.8) is 0 Å². The Bertz CT molecular complexity index is 220. The van der Waals surface area contributed by atoms with Crippen LogP contribution in [-0.4, -0.2) is 22.8 Å². The third-order valence-electron chi connectivity index (χ3n) is 2.39. The van der Waals surface area contributed by atoms with Crippen molar-refractivity contribution in [2.75, 3.05) is 0 Å². The molecule has 13 heavy (non-hydrogen) atoms. The van der Waals surface area contributed by atoms with E-state index in [4.69, 9.17) is 0 Å². The van der Waals surface area contributed by atoms with E-state index in [2.05, 4.69) is 38.7 Å². The maximum atomic E-state index is 11.5. The summed E-state index contributed by atoms with van der Waals surface area (Å²) in [7, 11) is 0. The van der Waals surface area contributed by atoms with E-state index in [1.165, 1.54) is 0 Å². The van der Waals surface area contributed by atoms with Crippen molar-refractivity contribution < 1.29 is 4.79 Å². The molecule has 1 rings (SSSR count). The number of ketones is 1. The lowest BCUT2D eigenvalue weighted by molar-refractivity contribution is -0.116. The topological polar surface area (TPSA) is 20.3 Å². The fourth-order valence-electron chi connectivity index (χ4n) is 1.98. The van der Waals surface area contributed by atoms with Crippen molar-refractivity contribution in [2.45, 2.75) is 52.6 Å². The fourth-order valence-corrected chi connectivity index (χ4v) is 1.98. The molecule has 0 saturated carbocycles. The second-order valence-electron chi connectivity index (χ2n) is 4.15. The van der Waals surface area contributed by atoms with E-state index in [1.807, 2.05) is 0 Å². The Hall–Kier alpha value is -0.790. The number of hydrogen-bond donors (Lipinski definition) is 0. The summed E-state index contributed by atoms with van der Waals surface area (Å²) in [4.78, 5) is 13.7. The van der Waals surface area contributed by atoms with Crippen LogP contribution in [0.25, 0.3) is 0 Å². The molecule has 0 unspecified atom stereocenters. The van der Waals surface area contributed by atoms with Crippen LogP contribution in [0.4, 0.5) is 0 Å². The number of rotatable bonds is 3. The minimum Gasteiger partial charge on any atom is -0.364 e. The molecule has 0 aromatic heterocycles. The van der Waals surface area contributed by atoms with Crippen molar-refractivity contribution in [2.24, 2.45) is 0 Å². The fraction of sp³-hybridized carbons (Fsp3) is 0.727. The first-order valence-corrected chi connectivity index (χ1v) is 5.05. The number of carbonyl (C=O) groups excluding carboxylic acids is 1. The summed E-state index contributed by atoms with van der Waals surface area (Å²) < 4.78 is 0. The van der Waals surface area contributed by atoms with Gasteiger partial charge in [-0.25, -0.2) is 0 Å². The van der Waals surface area contributed by atoms with Crippen molar-refractivity contribution in [3.8, 4) is 0 Å². The molecule has 0 aromatic rings. The maximum Gasteiger partial charge on any atom is 0.178 e. The lowest BCUT2D eigenvalue weighted by Crippen LogP contribution is -2.37. The van der Waals surface area contributed by atoms with Crippen LogP contribution < -0.4 is 0 Å². The maximum absolute atomic E-state index is 11.5. The Labute approximate surface area is 80.6 Å². The zero-order valence-corrected chi connectivity index (χ0v) is 9.00. The first kappa shape index (κ1) is 10.3. The molecule has 1 aliphatic rings. The Morgan fingerprint density at radius 3 is 2.08 bits per heavy atom. The number of Topliss-reactive ketones (excluding diaryl/α,β-unsaturated/α-hetero) is 1. The van der Waals surface area contributed by atoms with E-state index < -0.39 is 0 Å². The molecule has 0 aromatic carbocycles. The SMILES string of the molecule is CC(C)N(C1=CCCC1=O)C(C)C. The second-order valence-corrected chi connectivity index (χ2v) is 4.15. The molecule has 0 atom stereocenters. The van der Waals surface area contributed by atoms with Gasteiger partial charge in [-0.15, -0.1) is 0 Å². The molecule has 0 aliphatic heterocycles. The van der Waals surface area contributed by atoms with Gasteiger partial charge in [0.25, 0.3) is 0 Å². The van der Waals surface area contributed by atoms with Gasteiger partial charge in [0.15, 0.2) is 5.78 Å². The minimum atomic E-state index is 0.308. The van der Waals surface area contributed by atoms with Crippen LogP contribution in [0.3, 0.4) is 0 Å². The molecule has 0 N–H and O–H groups in total. The van der Waals surface area contributed by atoms with E-state index in [1.54, 1.807) is 0 Å². The third kappa shape index (κ3) is 2.11. The summed E-state index contributed by atoms with van der Waals surface area (Å²) in [5.74, 6) is 0.308. The zero-order valence-electron chi connectivity index (χ0n) is 9.00. The minimum absolute atomic E-state index is 0.308. The van der Waals surface area contributed by atoms with Gasteiger partial charge in [0, 0.05) is 18.5 Å². The van der Waals surface area contributed by atoms with Gasteiger partial charge in [0.05, 0.1) is 5.70 Å². The molecule has 74 valence electrons. The zero-order chi connectivity index (χ0) is 10.0. The van der Waals surface area contributed by atoms with Crippen LogP contribution in [0.15, 0.2) is 11.8 Å². The summed E-state index contributed by atoms with van der Waals surface area (Å²) in [6.07, 6.45) is 3.69. The highest BCUT2D eigenvalue weighted by Gasteiger charge is 2.24. The molecule has 0 fully saturated rings. The monoisotopic (exact) mass is 181 g/mol. The van der Waals surface area contributed by atoms with E-state index >= 15 is 0 Å².